The summed E-state index contributed by atoms with van der Waals surface area (Å²) < 4.78 is 33.4. The molecule has 0 aliphatic rings. The van der Waals surface area contributed by atoms with Gasteiger partial charge in [-0.15, -0.1) is 0 Å². The van der Waals surface area contributed by atoms with Crippen LogP contribution in [0.2, 0.25) is 0 Å². The zero-order valence-corrected chi connectivity index (χ0v) is 13.8. The van der Waals surface area contributed by atoms with E-state index in [9.17, 15) is 13.2 Å². The second-order valence-electron chi connectivity index (χ2n) is 4.86. The van der Waals surface area contributed by atoms with Crippen LogP contribution in [0.15, 0.2) is 47.4 Å². The molecule has 0 heterocycles. The minimum absolute atomic E-state index is 0.138. The lowest BCUT2D eigenvalue weighted by Gasteiger charge is -2.10. The summed E-state index contributed by atoms with van der Waals surface area (Å²) >= 11 is 0. The van der Waals surface area contributed by atoms with Gasteiger partial charge in [-0.05, 0) is 30.3 Å². The summed E-state index contributed by atoms with van der Waals surface area (Å²) in [5.74, 6) is 0.576. The molecule has 0 saturated heterocycles. The average Bonchev–Trinajstić information content (AvgIpc) is 2.53. The molecule has 7 heteroatoms. The number of sulfone groups is 1. The Balaban J connectivity index is 2.29. The van der Waals surface area contributed by atoms with Crippen LogP contribution in [0.5, 0.6) is 11.5 Å². The van der Waals surface area contributed by atoms with Crippen molar-refractivity contribution in [2.24, 2.45) is 0 Å². The maximum atomic E-state index is 12.3. The van der Waals surface area contributed by atoms with Crippen LogP contribution < -0.4 is 14.8 Å². The van der Waals surface area contributed by atoms with E-state index in [1.807, 2.05) is 0 Å². The van der Waals surface area contributed by atoms with Gasteiger partial charge in [-0.25, -0.2) is 8.42 Å². The van der Waals surface area contributed by atoms with Crippen LogP contribution in [0.1, 0.15) is 10.4 Å². The first-order valence-corrected chi connectivity index (χ1v) is 8.57. The first-order valence-electron chi connectivity index (χ1n) is 6.68. The lowest BCUT2D eigenvalue weighted by molar-refractivity contribution is 0.102. The topological polar surface area (TPSA) is 81.7 Å². The zero-order chi connectivity index (χ0) is 17.0. The van der Waals surface area contributed by atoms with Gasteiger partial charge in [0.05, 0.1) is 19.1 Å². The predicted molar refractivity (Wildman–Crippen MR) is 87.1 cm³/mol. The molecule has 2 aromatic rings. The van der Waals surface area contributed by atoms with E-state index in [1.165, 1.54) is 26.4 Å². The van der Waals surface area contributed by atoms with Crippen LogP contribution in [0.25, 0.3) is 0 Å². The van der Waals surface area contributed by atoms with E-state index in [0.717, 1.165) is 6.26 Å². The Morgan fingerprint density at radius 1 is 1.00 bits per heavy atom. The Labute approximate surface area is 135 Å². The van der Waals surface area contributed by atoms with E-state index in [1.54, 1.807) is 30.3 Å². The van der Waals surface area contributed by atoms with Gasteiger partial charge in [0, 0.05) is 23.6 Å². The highest BCUT2D eigenvalue weighted by atomic mass is 32.2. The van der Waals surface area contributed by atoms with Gasteiger partial charge in [0.25, 0.3) is 5.91 Å². The maximum Gasteiger partial charge on any atom is 0.255 e. The van der Waals surface area contributed by atoms with Gasteiger partial charge < -0.3 is 14.8 Å². The molecular weight excluding hydrogens is 318 g/mol. The summed E-state index contributed by atoms with van der Waals surface area (Å²) in [6.45, 7) is 0. The molecule has 0 spiro atoms. The molecule has 0 radical (unpaired) electrons. The molecule has 6 nitrogen and oxygen atoms in total. The van der Waals surface area contributed by atoms with E-state index in [-0.39, 0.29) is 4.90 Å². The largest absolute Gasteiger partial charge is 0.497 e. The summed E-state index contributed by atoms with van der Waals surface area (Å²) in [7, 11) is -0.354. The molecule has 0 aliphatic carbocycles. The van der Waals surface area contributed by atoms with Crippen molar-refractivity contribution in [3.8, 4) is 11.5 Å². The highest BCUT2D eigenvalue weighted by molar-refractivity contribution is 7.90. The molecule has 0 aliphatic heterocycles. The summed E-state index contributed by atoms with van der Waals surface area (Å²) in [4.78, 5) is 12.5. The molecule has 0 aromatic heterocycles. The summed E-state index contributed by atoms with van der Waals surface area (Å²) in [5.41, 5.74) is 0.727. The number of benzene rings is 2. The smallest absolute Gasteiger partial charge is 0.255 e. The van der Waals surface area contributed by atoms with Crippen LogP contribution >= 0.6 is 0 Å². The molecule has 0 bridgehead atoms. The average molecular weight is 335 g/mol. The van der Waals surface area contributed by atoms with Gasteiger partial charge >= 0.3 is 0 Å². The third-order valence-corrected chi connectivity index (χ3v) is 4.24. The highest BCUT2D eigenvalue weighted by Gasteiger charge is 2.12. The monoisotopic (exact) mass is 335 g/mol. The van der Waals surface area contributed by atoms with Crippen LogP contribution in [0.3, 0.4) is 0 Å². The quantitative estimate of drug-likeness (QED) is 0.907. The van der Waals surface area contributed by atoms with Gasteiger partial charge in [-0.1, -0.05) is 6.07 Å². The van der Waals surface area contributed by atoms with Gasteiger partial charge in [0.1, 0.15) is 11.5 Å². The molecule has 0 saturated carbocycles. The number of nitrogens with one attached hydrogen (secondary N) is 1. The second kappa shape index (κ2) is 6.70. The summed E-state index contributed by atoms with van der Waals surface area (Å²) in [6, 6.07) is 10.9. The van der Waals surface area contributed by atoms with Gasteiger partial charge in [0.2, 0.25) is 0 Å². The fourth-order valence-electron chi connectivity index (χ4n) is 1.95. The number of methoxy groups -OCH3 is 2. The Morgan fingerprint density at radius 3 is 2.13 bits per heavy atom. The molecule has 0 fully saturated rings. The molecule has 1 N–H and O–H groups in total. The van der Waals surface area contributed by atoms with Crippen molar-refractivity contribution < 1.29 is 22.7 Å². The van der Waals surface area contributed by atoms with Crippen molar-refractivity contribution in [3.63, 3.8) is 0 Å². The highest BCUT2D eigenvalue weighted by Crippen LogP contribution is 2.23. The number of amides is 1. The van der Waals surface area contributed by atoms with Crippen LogP contribution in [-0.4, -0.2) is 34.8 Å². The van der Waals surface area contributed by atoms with E-state index in [2.05, 4.69) is 5.32 Å². The Morgan fingerprint density at radius 2 is 1.61 bits per heavy atom. The van der Waals surface area contributed by atoms with Crippen molar-refractivity contribution in [2.45, 2.75) is 4.90 Å². The third-order valence-electron chi connectivity index (χ3n) is 3.13. The Bertz CT molecular complexity index is 808. The minimum Gasteiger partial charge on any atom is -0.497 e. The molecular formula is C16H17NO5S. The maximum absolute atomic E-state index is 12.3. The van der Waals surface area contributed by atoms with E-state index >= 15 is 0 Å². The number of hydrogen-bond donors (Lipinski definition) is 1. The minimum atomic E-state index is -3.34. The first-order chi connectivity index (χ1) is 10.8. The Kier molecular flexibility index (Phi) is 4.90. The van der Waals surface area contributed by atoms with E-state index in [4.69, 9.17) is 9.47 Å². The molecule has 0 atom stereocenters. The second-order valence-corrected chi connectivity index (χ2v) is 6.87. The predicted octanol–water partition coefficient (Wildman–Crippen LogP) is 2.36. The molecule has 23 heavy (non-hydrogen) atoms. The summed E-state index contributed by atoms with van der Waals surface area (Å²) in [5, 5.41) is 2.66. The SMILES string of the molecule is COc1cc(OC)cc(C(=O)Nc2cccc(S(C)(=O)=O)c2)c1. The van der Waals surface area contributed by atoms with Crippen molar-refractivity contribution in [1.82, 2.24) is 0 Å². The van der Waals surface area contributed by atoms with Gasteiger partial charge in [0.15, 0.2) is 9.84 Å². The number of rotatable bonds is 5. The number of anilines is 1. The van der Waals surface area contributed by atoms with Crippen LogP contribution in [0.4, 0.5) is 5.69 Å². The van der Waals surface area contributed by atoms with E-state index in [0.29, 0.717) is 22.7 Å². The fraction of sp³-hybridized carbons (Fsp3) is 0.188. The van der Waals surface area contributed by atoms with E-state index < -0.39 is 15.7 Å². The van der Waals surface area contributed by atoms with Crippen molar-refractivity contribution in [2.75, 3.05) is 25.8 Å². The lowest BCUT2D eigenvalue weighted by atomic mass is 10.2. The molecule has 1 amide bonds. The van der Waals surface area contributed by atoms with Gasteiger partial charge in [-0.2, -0.15) is 0 Å². The standard InChI is InChI=1S/C16H17NO5S/c1-21-13-7-11(8-14(10-13)22-2)16(18)17-12-5-4-6-15(9-12)23(3,19)20/h4-10H,1-3H3,(H,17,18). The molecule has 0 unspecified atom stereocenters. The molecule has 2 aromatic carbocycles. The van der Waals surface area contributed by atoms with Crippen molar-refractivity contribution in [1.29, 1.82) is 0 Å². The molecule has 122 valence electrons. The molecule has 2 rings (SSSR count). The first kappa shape index (κ1) is 16.8. The number of ether oxygens (including phenoxy) is 2. The number of carbonyl (C=O) groups excluding carboxylic acids is 1. The van der Waals surface area contributed by atoms with Crippen molar-refractivity contribution >= 4 is 21.4 Å². The Hall–Kier alpha value is -2.54. The van der Waals surface area contributed by atoms with Crippen LogP contribution in [-0.2, 0) is 9.84 Å². The zero-order valence-electron chi connectivity index (χ0n) is 13.0. The number of carbonyl (C=O) groups is 1. The lowest BCUT2D eigenvalue weighted by Crippen LogP contribution is -2.12. The van der Waals surface area contributed by atoms with Crippen LogP contribution in [0, 0.1) is 0 Å². The fourth-order valence-corrected chi connectivity index (χ4v) is 2.61. The summed E-state index contributed by atoms with van der Waals surface area (Å²) in [6.07, 6.45) is 1.11. The van der Waals surface area contributed by atoms with Crippen molar-refractivity contribution in [3.05, 3.63) is 48.0 Å². The normalized spacial score (nSPS) is 10.9. The third kappa shape index (κ3) is 4.23. The number of hydrogen-bond acceptors (Lipinski definition) is 5. The van der Waals surface area contributed by atoms with Gasteiger partial charge in [-0.3, -0.25) is 4.79 Å².